The van der Waals surface area contributed by atoms with E-state index in [2.05, 4.69) is 10.5 Å². The van der Waals surface area contributed by atoms with Crippen LogP contribution < -0.4 is 5.43 Å². The fourth-order valence-electron chi connectivity index (χ4n) is 4.01. The molecule has 1 amide bonds. The Kier molecular flexibility index (Phi) is 3.05. The van der Waals surface area contributed by atoms with E-state index < -0.39 is 33.9 Å². The number of rotatable bonds is 3. The molecule has 1 aromatic heterocycles. The molecule has 7 nitrogen and oxygen atoms in total. The van der Waals surface area contributed by atoms with Crippen LogP contribution in [0.3, 0.4) is 0 Å². The molecule has 2 atom stereocenters. The Morgan fingerprint density at radius 3 is 2.52 bits per heavy atom. The largest absolute Gasteiger partial charge is 0.480 e. The lowest BCUT2D eigenvalue weighted by Crippen LogP contribution is -2.44. The van der Waals surface area contributed by atoms with Gasteiger partial charge in [0, 0.05) is 5.41 Å². The van der Waals surface area contributed by atoms with Crippen LogP contribution in [0.1, 0.15) is 44.2 Å². The number of amides is 1. The van der Waals surface area contributed by atoms with Gasteiger partial charge in [-0.1, -0.05) is 20.8 Å². The van der Waals surface area contributed by atoms with E-state index in [1.807, 2.05) is 6.92 Å². The molecule has 3 rings (SSSR count). The van der Waals surface area contributed by atoms with Gasteiger partial charge in [-0.3, -0.25) is 14.4 Å². The molecule has 7 heteroatoms. The molecule has 0 radical (unpaired) electrons. The highest BCUT2D eigenvalue weighted by Crippen LogP contribution is 2.69. The molecular weight excluding hydrogens is 300 g/mol. The van der Waals surface area contributed by atoms with Crippen molar-refractivity contribution in [1.29, 1.82) is 0 Å². The van der Waals surface area contributed by atoms with Gasteiger partial charge in [0.25, 0.3) is 0 Å². The van der Waals surface area contributed by atoms with Crippen molar-refractivity contribution in [3.05, 3.63) is 24.2 Å². The van der Waals surface area contributed by atoms with Gasteiger partial charge in [-0.05, 0) is 30.4 Å². The number of aliphatic carboxylic acids is 1. The first-order valence-electron chi connectivity index (χ1n) is 7.39. The van der Waals surface area contributed by atoms with Crippen LogP contribution in [0.4, 0.5) is 0 Å². The molecule has 0 unspecified atom stereocenters. The third-order valence-corrected chi connectivity index (χ3v) is 5.95. The maximum Gasteiger partial charge on any atom is 0.318 e. The number of hydrogen-bond acceptors (Lipinski definition) is 5. The predicted octanol–water partition coefficient (Wildman–Crippen LogP) is 1.85. The number of carbonyl (C=O) groups is 3. The normalized spacial score (nSPS) is 33.2. The molecule has 2 saturated carbocycles. The molecule has 0 saturated heterocycles. The molecule has 1 heterocycles. The highest BCUT2D eigenvalue weighted by molar-refractivity contribution is 6.50. The van der Waals surface area contributed by atoms with Gasteiger partial charge in [-0.15, -0.1) is 0 Å². The second-order valence-electron chi connectivity index (χ2n) is 6.88. The molecule has 0 aromatic carbocycles. The standard InChI is InChI=1S/C16H18N2O5/c1-14(2)15(3)6-7-16(14,13(21)22)11(19)10(15)17-18-12(20)9-5-4-8-23-9/h4-5,8H,6-7H2,1-3H3,(H,18,20)(H,21,22)/b17-10-/t15-,16+/m1/s1. The second-order valence-corrected chi connectivity index (χ2v) is 6.88. The van der Waals surface area contributed by atoms with Crippen LogP contribution in [-0.4, -0.2) is 28.5 Å². The summed E-state index contributed by atoms with van der Waals surface area (Å²) in [6.07, 6.45) is 2.18. The minimum absolute atomic E-state index is 0.0716. The van der Waals surface area contributed by atoms with Gasteiger partial charge in [0.05, 0.1) is 6.26 Å². The van der Waals surface area contributed by atoms with Crippen molar-refractivity contribution < 1.29 is 23.9 Å². The molecule has 2 bridgehead atoms. The second kappa shape index (κ2) is 4.53. The number of carbonyl (C=O) groups excluding carboxylic acids is 2. The fraction of sp³-hybridized carbons (Fsp3) is 0.500. The van der Waals surface area contributed by atoms with Crippen LogP contribution in [-0.2, 0) is 9.59 Å². The van der Waals surface area contributed by atoms with Crippen LogP contribution in [0.2, 0.25) is 0 Å². The summed E-state index contributed by atoms with van der Waals surface area (Å²) in [5.74, 6) is -2.14. The first kappa shape index (κ1) is 15.5. The van der Waals surface area contributed by atoms with Crippen LogP contribution in [0.25, 0.3) is 0 Å². The number of hydrogen-bond donors (Lipinski definition) is 2. The number of ketones is 1. The number of nitrogens with one attached hydrogen (secondary N) is 1. The maximum absolute atomic E-state index is 12.8. The number of carboxylic acids is 1. The summed E-state index contributed by atoms with van der Waals surface area (Å²) in [6.45, 7) is 5.40. The fourth-order valence-corrected chi connectivity index (χ4v) is 4.01. The predicted molar refractivity (Wildman–Crippen MR) is 79.8 cm³/mol. The zero-order chi connectivity index (χ0) is 17.0. The third kappa shape index (κ3) is 1.64. The molecule has 0 spiro atoms. The van der Waals surface area contributed by atoms with Crippen molar-refractivity contribution >= 4 is 23.4 Å². The number of fused-ring (bicyclic) bond motifs is 2. The van der Waals surface area contributed by atoms with Crippen LogP contribution >= 0.6 is 0 Å². The van der Waals surface area contributed by atoms with E-state index in [4.69, 9.17) is 4.42 Å². The van der Waals surface area contributed by atoms with Crippen LogP contribution in [0.15, 0.2) is 27.9 Å². The van der Waals surface area contributed by atoms with Gasteiger partial charge in [-0.2, -0.15) is 5.10 Å². The summed E-state index contributed by atoms with van der Waals surface area (Å²) in [6, 6.07) is 3.04. The number of Topliss-reactive ketones (excluding diaryl/α,β-unsaturated/α-hetero) is 1. The Labute approximate surface area is 132 Å². The molecular formula is C16H18N2O5. The number of nitrogens with zero attached hydrogens (tertiary/aromatic N) is 1. The van der Waals surface area contributed by atoms with Gasteiger partial charge in [0.15, 0.2) is 11.5 Å². The lowest BCUT2D eigenvalue weighted by Gasteiger charge is -2.36. The lowest BCUT2D eigenvalue weighted by atomic mass is 9.65. The Morgan fingerprint density at radius 1 is 1.30 bits per heavy atom. The highest BCUT2D eigenvalue weighted by atomic mass is 16.4. The lowest BCUT2D eigenvalue weighted by molar-refractivity contribution is -0.158. The first-order chi connectivity index (χ1) is 10.7. The van der Waals surface area contributed by atoms with Crippen molar-refractivity contribution in [2.75, 3.05) is 0 Å². The molecule has 2 aliphatic rings. The van der Waals surface area contributed by atoms with Crippen molar-refractivity contribution in [1.82, 2.24) is 5.43 Å². The van der Waals surface area contributed by atoms with Crippen molar-refractivity contribution in [3.63, 3.8) is 0 Å². The van der Waals surface area contributed by atoms with Crippen molar-refractivity contribution in [2.24, 2.45) is 21.3 Å². The minimum atomic E-state index is -1.48. The van der Waals surface area contributed by atoms with Gasteiger partial charge < -0.3 is 9.52 Å². The molecule has 0 aliphatic heterocycles. The number of furan rings is 1. The topological polar surface area (TPSA) is 109 Å². The molecule has 2 aliphatic carbocycles. The summed E-state index contributed by atoms with van der Waals surface area (Å²) in [5.41, 5.74) is -0.528. The van der Waals surface area contributed by atoms with Gasteiger partial charge in [0.2, 0.25) is 0 Å². The third-order valence-electron chi connectivity index (χ3n) is 5.95. The van der Waals surface area contributed by atoms with Gasteiger partial charge in [0.1, 0.15) is 11.1 Å². The molecule has 1 aromatic rings. The van der Waals surface area contributed by atoms with E-state index in [0.717, 1.165) is 0 Å². The van der Waals surface area contributed by atoms with Crippen molar-refractivity contribution in [2.45, 2.75) is 33.6 Å². The monoisotopic (exact) mass is 318 g/mol. The Morgan fingerprint density at radius 2 is 2.00 bits per heavy atom. The summed E-state index contributed by atoms with van der Waals surface area (Å²) in [5, 5.41) is 13.7. The van der Waals surface area contributed by atoms with Crippen molar-refractivity contribution in [3.8, 4) is 0 Å². The van der Waals surface area contributed by atoms with E-state index in [-0.39, 0.29) is 17.9 Å². The van der Waals surface area contributed by atoms with E-state index in [1.165, 1.54) is 12.3 Å². The SMILES string of the molecule is CC1(C)[C@@]2(C(=O)O)CC[C@]1(C)/C(=N\NC(=O)c1ccco1)C2=O. The van der Waals surface area contributed by atoms with Crippen LogP contribution in [0, 0.1) is 16.2 Å². The Bertz CT molecular complexity index is 734. The van der Waals surface area contributed by atoms with Gasteiger partial charge in [-0.25, -0.2) is 5.43 Å². The highest BCUT2D eigenvalue weighted by Gasteiger charge is 2.77. The summed E-state index contributed by atoms with van der Waals surface area (Å²) >= 11 is 0. The smallest absolute Gasteiger partial charge is 0.318 e. The van der Waals surface area contributed by atoms with Gasteiger partial charge >= 0.3 is 11.9 Å². The zero-order valence-corrected chi connectivity index (χ0v) is 13.2. The van der Waals surface area contributed by atoms with E-state index >= 15 is 0 Å². The average Bonchev–Trinajstić information content (AvgIpc) is 3.09. The Balaban J connectivity index is 1.98. The van der Waals surface area contributed by atoms with Crippen LogP contribution in [0.5, 0.6) is 0 Å². The minimum Gasteiger partial charge on any atom is -0.480 e. The summed E-state index contributed by atoms with van der Waals surface area (Å²) in [7, 11) is 0. The number of hydrazone groups is 1. The zero-order valence-electron chi connectivity index (χ0n) is 13.2. The molecule has 122 valence electrons. The molecule has 2 N–H and O–H groups in total. The summed E-state index contributed by atoms with van der Waals surface area (Å²) < 4.78 is 4.96. The van der Waals surface area contributed by atoms with E-state index in [9.17, 15) is 19.5 Å². The molecule has 2 fully saturated rings. The van der Waals surface area contributed by atoms with E-state index in [0.29, 0.717) is 6.42 Å². The first-order valence-corrected chi connectivity index (χ1v) is 7.39. The summed E-state index contributed by atoms with van der Waals surface area (Å²) in [4.78, 5) is 36.5. The number of carboxylic acid groups (broad SMARTS) is 1. The maximum atomic E-state index is 12.8. The quantitative estimate of drug-likeness (QED) is 0.653. The average molecular weight is 318 g/mol. The molecule has 23 heavy (non-hydrogen) atoms. The van der Waals surface area contributed by atoms with E-state index in [1.54, 1.807) is 19.9 Å². The Hall–Kier alpha value is -2.44.